The van der Waals surface area contributed by atoms with Crippen LogP contribution in [0.25, 0.3) is 0 Å². The second kappa shape index (κ2) is 8.28. The molecule has 1 spiro atoms. The number of hydrogen-bond acceptors (Lipinski definition) is 7. The van der Waals surface area contributed by atoms with Crippen LogP contribution < -0.4 is 14.9 Å². The Morgan fingerprint density at radius 3 is 2.65 bits per heavy atom. The predicted molar refractivity (Wildman–Crippen MR) is 129 cm³/mol. The Bertz CT molecular complexity index is 1240. The van der Waals surface area contributed by atoms with E-state index in [9.17, 15) is 18.3 Å². The molecular formula is C24H31N5O4S. The van der Waals surface area contributed by atoms with Gasteiger partial charge in [-0.25, -0.2) is 18.1 Å². The number of hydrogen-bond donors (Lipinski definition) is 3. The third-order valence-electron chi connectivity index (χ3n) is 7.02. The molecule has 3 aliphatic rings. The molecule has 2 atom stereocenters. The van der Waals surface area contributed by atoms with Crippen LogP contribution in [0.3, 0.4) is 0 Å². The molecule has 2 heterocycles. The van der Waals surface area contributed by atoms with Gasteiger partial charge in [0, 0.05) is 29.5 Å². The normalized spacial score (nSPS) is 23.4. The van der Waals surface area contributed by atoms with Crippen molar-refractivity contribution in [2.45, 2.75) is 87.8 Å². The number of benzene rings is 1. The van der Waals surface area contributed by atoms with Gasteiger partial charge in [-0.3, -0.25) is 9.69 Å². The third kappa shape index (κ3) is 3.97. The molecule has 3 N–H and O–H groups in total. The van der Waals surface area contributed by atoms with Gasteiger partial charge >= 0.3 is 0 Å². The fourth-order valence-electron chi connectivity index (χ4n) is 5.16. The average molecular weight is 486 g/mol. The number of nitrogens with one attached hydrogen (secondary N) is 2. The molecule has 2 fully saturated rings. The van der Waals surface area contributed by atoms with Crippen LogP contribution in [0.1, 0.15) is 63.5 Å². The molecule has 182 valence electrons. The van der Waals surface area contributed by atoms with E-state index in [1.807, 2.05) is 6.92 Å². The molecule has 10 heteroatoms. The minimum Gasteiger partial charge on any atom is -0.393 e. The molecule has 1 aromatic carbocycles. The van der Waals surface area contributed by atoms with Crippen molar-refractivity contribution >= 4 is 33.4 Å². The highest BCUT2D eigenvalue weighted by Gasteiger charge is 2.61. The first-order chi connectivity index (χ1) is 16.1. The van der Waals surface area contributed by atoms with Gasteiger partial charge in [0.25, 0.3) is 0 Å². The molecule has 2 aromatic rings. The van der Waals surface area contributed by atoms with Crippen molar-refractivity contribution in [2.24, 2.45) is 0 Å². The van der Waals surface area contributed by atoms with E-state index in [1.165, 1.54) is 0 Å². The Kier molecular flexibility index (Phi) is 5.65. The smallest absolute Gasteiger partial charge is 0.240 e. The van der Waals surface area contributed by atoms with Crippen LogP contribution in [0.4, 0.5) is 17.5 Å². The number of sulfonamides is 1. The summed E-state index contributed by atoms with van der Waals surface area (Å²) in [6, 6.07) is 4.60. The summed E-state index contributed by atoms with van der Waals surface area (Å²) in [6.45, 7) is 5.38. The molecule has 1 amide bonds. The Hall–Kier alpha value is -2.56. The van der Waals surface area contributed by atoms with Crippen LogP contribution in [0.5, 0.6) is 0 Å². The number of rotatable bonds is 6. The molecule has 0 radical (unpaired) electrons. The van der Waals surface area contributed by atoms with Gasteiger partial charge in [-0.1, -0.05) is 0 Å². The first-order valence-electron chi connectivity index (χ1n) is 11.9. The number of aliphatic hydroxyl groups is 1. The summed E-state index contributed by atoms with van der Waals surface area (Å²) in [7, 11) is -3.59. The minimum absolute atomic E-state index is 0.0580. The zero-order valence-corrected chi connectivity index (χ0v) is 20.5. The monoisotopic (exact) mass is 485 g/mol. The van der Waals surface area contributed by atoms with E-state index in [1.54, 1.807) is 43.1 Å². The zero-order valence-electron chi connectivity index (χ0n) is 19.7. The maximum absolute atomic E-state index is 13.4. The molecule has 2 aliphatic carbocycles. The molecule has 34 heavy (non-hydrogen) atoms. The second-order valence-corrected chi connectivity index (χ2v) is 11.8. The SMILES string of the molecule is Cc1cc(S(=O)(=O)NC(C)C)ccc1Nc1ncc2c(n1)N(C1CCC[C@@H](O)C1)C(=O)C21CC1. The average Bonchev–Trinajstić information content (AvgIpc) is 3.52. The number of aryl methyl sites for hydroxylation is 1. The van der Waals surface area contributed by atoms with Gasteiger partial charge in [-0.2, -0.15) is 4.98 Å². The molecule has 1 aromatic heterocycles. The number of aliphatic hydroxyl groups excluding tert-OH is 1. The maximum atomic E-state index is 13.4. The second-order valence-electron chi connectivity index (χ2n) is 10.0. The van der Waals surface area contributed by atoms with E-state index in [-0.39, 0.29) is 22.9 Å². The van der Waals surface area contributed by atoms with Crippen molar-refractivity contribution < 1.29 is 18.3 Å². The topological polar surface area (TPSA) is 125 Å². The van der Waals surface area contributed by atoms with Crippen molar-refractivity contribution in [3.63, 3.8) is 0 Å². The lowest BCUT2D eigenvalue weighted by molar-refractivity contribution is -0.121. The zero-order chi connectivity index (χ0) is 24.3. The van der Waals surface area contributed by atoms with Gasteiger partial charge < -0.3 is 10.4 Å². The van der Waals surface area contributed by atoms with E-state index in [4.69, 9.17) is 4.98 Å². The van der Waals surface area contributed by atoms with Crippen LogP contribution in [0.15, 0.2) is 29.3 Å². The highest BCUT2D eigenvalue weighted by atomic mass is 32.2. The van der Waals surface area contributed by atoms with Gasteiger partial charge in [0.15, 0.2) is 0 Å². The molecule has 5 rings (SSSR count). The maximum Gasteiger partial charge on any atom is 0.240 e. The van der Waals surface area contributed by atoms with Crippen molar-refractivity contribution in [3.8, 4) is 0 Å². The summed E-state index contributed by atoms with van der Waals surface area (Å²) in [6.07, 6.45) is 6.03. The number of carbonyl (C=O) groups excluding carboxylic acids is 1. The Morgan fingerprint density at radius 1 is 1.24 bits per heavy atom. The first kappa shape index (κ1) is 23.2. The highest BCUT2D eigenvalue weighted by molar-refractivity contribution is 7.89. The highest BCUT2D eigenvalue weighted by Crippen LogP contribution is 2.57. The Morgan fingerprint density at radius 2 is 2.00 bits per heavy atom. The molecule has 0 bridgehead atoms. The Balaban J connectivity index is 1.43. The van der Waals surface area contributed by atoms with Gasteiger partial charge in [0.1, 0.15) is 5.82 Å². The summed E-state index contributed by atoms with van der Waals surface area (Å²) >= 11 is 0. The van der Waals surface area contributed by atoms with E-state index in [0.29, 0.717) is 23.9 Å². The number of fused-ring (bicyclic) bond motifs is 2. The van der Waals surface area contributed by atoms with Gasteiger partial charge in [0.2, 0.25) is 21.9 Å². The molecule has 1 unspecified atom stereocenters. The molecule has 9 nitrogen and oxygen atoms in total. The number of carbonyl (C=O) groups is 1. The van der Waals surface area contributed by atoms with E-state index in [2.05, 4.69) is 15.0 Å². The fourth-order valence-corrected chi connectivity index (χ4v) is 6.49. The predicted octanol–water partition coefficient (Wildman–Crippen LogP) is 2.90. The molecule has 0 saturated heterocycles. The van der Waals surface area contributed by atoms with Crippen LogP contribution in [0.2, 0.25) is 0 Å². The molecular weight excluding hydrogens is 454 g/mol. The van der Waals surface area contributed by atoms with E-state index < -0.39 is 21.5 Å². The summed E-state index contributed by atoms with van der Waals surface area (Å²) in [4.78, 5) is 24.6. The molecule has 2 saturated carbocycles. The Labute approximate surface area is 200 Å². The lowest BCUT2D eigenvalue weighted by Gasteiger charge is -2.33. The van der Waals surface area contributed by atoms with Crippen molar-refractivity contribution in [1.82, 2.24) is 14.7 Å². The van der Waals surface area contributed by atoms with E-state index in [0.717, 1.165) is 43.2 Å². The number of anilines is 3. The van der Waals surface area contributed by atoms with Crippen LogP contribution >= 0.6 is 0 Å². The summed E-state index contributed by atoms with van der Waals surface area (Å²) in [5, 5.41) is 13.4. The number of aromatic nitrogens is 2. The van der Waals surface area contributed by atoms with E-state index >= 15 is 0 Å². The molecule has 1 aliphatic heterocycles. The van der Waals surface area contributed by atoms with Crippen LogP contribution in [-0.4, -0.2) is 47.6 Å². The lowest BCUT2D eigenvalue weighted by Crippen LogP contribution is -2.44. The standard InChI is InChI=1S/C24H31N5O4S/c1-14(2)28-34(32,33)18-7-8-20(15(3)11-18)26-23-25-13-19-21(27-23)29(22(31)24(19)9-10-24)16-5-4-6-17(30)12-16/h7-8,11,13-14,16-17,28,30H,4-6,9-10,12H2,1-3H3,(H,25,26,27)/t16?,17-/m1/s1. The number of amides is 1. The van der Waals surface area contributed by atoms with Gasteiger partial charge in [-0.15, -0.1) is 0 Å². The summed E-state index contributed by atoms with van der Waals surface area (Å²) < 4.78 is 27.6. The van der Waals surface area contributed by atoms with Crippen molar-refractivity contribution in [3.05, 3.63) is 35.5 Å². The lowest BCUT2D eigenvalue weighted by atomic mass is 9.92. The fraction of sp³-hybridized carbons (Fsp3) is 0.542. The first-order valence-corrected chi connectivity index (χ1v) is 13.4. The minimum atomic E-state index is -3.59. The van der Waals surface area contributed by atoms with Crippen molar-refractivity contribution in [2.75, 3.05) is 10.2 Å². The van der Waals surface area contributed by atoms with Gasteiger partial charge in [0.05, 0.1) is 16.4 Å². The van der Waals surface area contributed by atoms with Gasteiger partial charge in [-0.05, 0) is 83.1 Å². The third-order valence-corrected chi connectivity index (χ3v) is 8.68. The summed E-state index contributed by atoms with van der Waals surface area (Å²) in [5.74, 6) is 1.07. The quantitative estimate of drug-likeness (QED) is 0.575. The van der Waals surface area contributed by atoms with Crippen LogP contribution in [0, 0.1) is 6.92 Å². The largest absolute Gasteiger partial charge is 0.393 e. The van der Waals surface area contributed by atoms with Crippen LogP contribution in [-0.2, 0) is 20.2 Å². The summed E-state index contributed by atoms with van der Waals surface area (Å²) in [5.41, 5.74) is 1.80. The number of nitrogens with zero attached hydrogens (tertiary/aromatic N) is 3. The van der Waals surface area contributed by atoms with Crippen molar-refractivity contribution in [1.29, 1.82) is 0 Å².